The van der Waals surface area contributed by atoms with E-state index in [1.165, 1.54) is 0 Å². The van der Waals surface area contributed by atoms with Crippen molar-refractivity contribution in [2.24, 2.45) is 5.11 Å². The largest absolute Gasteiger partial charge is 0.229 e. The lowest BCUT2D eigenvalue weighted by Crippen LogP contribution is -1.89. The SMILES string of the molecule is Cc1ccnc(C#CCCN=[N+]=[N-])n1. The summed E-state index contributed by atoms with van der Waals surface area (Å²) in [7, 11) is 0. The molecule has 0 aliphatic rings. The van der Waals surface area contributed by atoms with Gasteiger partial charge in [-0.25, -0.2) is 9.97 Å². The van der Waals surface area contributed by atoms with Crippen molar-refractivity contribution in [3.63, 3.8) is 0 Å². The Morgan fingerprint density at radius 3 is 3.21 bits per heavy atom. The molecule has 1 aromatic heterocycles. The van der Waals surface area contributed by atoms with Gasteiger partial charge in [-0.1, -0.05) is 11.0 Å². The lowest BCUT2D eigenvalue weighted by molar-refractivity contribution is 1.01. The van der Waals surface area contributed by atoms with Crippen LogP contribution in [0.3, 0.4) is 0 Å². The first-order valence-corrected chi connectivity index (χ1v) is 4.12. The predicted molar refractivity (Wildman–Crippen MR) is 52.3 cm³/mol. The first-order chi connectivity index (χ1) is 6.83. The molecule has 0 saturated heterocycles. The average Bonchev–Trinajstić information content (AvgIpc) is 2.18. The molecule has 0 saturated carbocycles. The van der Waals surface area contributed by atoms with Gasteiger partial charge in [0.1, 0.15) is 0 Å². The van der Waals surface area contributed by atoms with Crippen LogP contribution in [0.5, 0.6) is 0 Å². The molecule has 0 atom stereocenters. The van der Waals surface area contributed by atoms with Crippen LogP contribution in [0.25, 0.3) is 10.4 Å². The van der Waals surface area contributed by atoms with Crippen LogP contribution in [0.1, 0.15) is 17.9 Å². The van der Waals surface area contributed by atoms with Gasteiger partial charge in [0.25, 0.3) is 0 Å². The molecule has 0 bridgehead atoms. The van der Waals surface area contributed by atoms with E-state index in [0.29, 0.717) is 18.8 Å². The molecule has 0 spiro atoms. The fourth-order valence-electron chi connectivity index (χ4n) is 0.801. The van der Waals surface area contributed by atoms with Crippen LogP contribution in [0.4, 0.5) is 0 Å². The number of rotatable bonds is 2. The molecule has 0 fully saturated rings. The number of aromatic nitrogens is 2. The summed E-state index contributed by atoms with van der Waals surface area (Å²) in [4.78, 5) is 10.7. The Labute approximate surface area is 81.8 Å². The van der Waals surface area contributed by atoms with E-state index in [1.807, 2.05) is 13.0 Å². The molecule has 0 amide bonds. The Morgan fingerprint density at radius 1 is 1.64 bits per heavy atom. The third kappa shape index (κ3) is 3.57. The van der Waals surface area contributed by atoms with Crippen molar-refractivity contribution in [1.29, 1.82) is 0 Å². The maximum atomic E-state index is 8.00. The molecule has 0 aromatic carbocycles. The van der Waals surface area contributed by atoms with Gasteiger partial charge in [-0.05, 0) is 24.4 Å². The second-order valence-electron chi connectivity index (χ2n) is 2.53. The normalized spacial score (nSPS) is 8.36. The molecular weight excluding hydrogens is 178 g/mol. The van der Waals surface area contributed by atoms with Crippen molar-refractivity contribution in [1.82, 2.24) is 9.97 Å². The maximum absolute atomic E-state index is 8.00. The minimum atomic E-state index is 0.384. The summed E-state index contributed by atoms with van der Waals surface area (Å²) < 4.78 is 0. The Bertz CT molecular complexity index is 409. The van der Waals surface area contributed by atoms with Crippen LogP contribution < -0.4 is 0 Å². The predicted octanol–water partition coefficient (Wildman–Crippen LogP) is 1.84. The highest BCUT2D eigenvalue weighted by Crippen LogP contribution is 1.91. The summed E-state index contributed by atoms with van der Waals surface area (Å²) in [6.07, 6.45) is 2.20. The summed E-state index contributed by atoms with van der Waals surface area (Å²) in [6, 6.07) is 1.81. The van der Waals surface area contributed by atoms with E-state index in [2.05, 4.69) is 31.8 Å². The van der Waals surface area contributed by atoms with Crippen LogP contribution in [0.2, 0.25) is 0 Å². The number of azide groups is 1. The van der Waals surface area contributed by atoms with Gasteiger partial charge >= 0.3 is 0 Å². The van der Waals surface area contributed by atoms with Gasteiger partial charge in [0.05, 0.1) is 0 Å². The van der Waals surface area contributed by atoms with Crippen molar-refractivity contribution < 1.29 is 0 Å². The number of hydrogen-bond donors (Lipinski definition) is 0. The lowest BCUT2D eigenvalue weighted by Gasteiger charge is -1.89. The third-order valence-corrected chi connectivity index (χ3v) is 1.40. The van der Waals surface area contributed by atoms with E-state index in [9.17, 15) is 0 Å². The zero-order chi connectivity index (χ0) is 10.2. The van der Waals surface area contributed by atoms with E-state index in [-0.39, 0.29) is 0 Å². The van der Waals surface area contributed by atoms with Gasteiger partial charge in [0.15, 0.2) is 0 Å². The molecule has 1 rings (SSSR count). The molecule has 0 aliphatic carbocycles. The van der Waals surface area contributed by atoms with E-state index < -0.39 is 0 Å². The topological polar surface area (TPSA) is 74.5 Å². The second kappa shape index (κ2) is 5.57. The fourth-order valence-corrected chi connectivity index (χ4v) is 0.801. The molecule has 0 N–H and O–H groups in total. The Kier molecular flexibility index (Phi) is 3.99. The van der Waals surface area contributed by atoms with Crippen LogP contribution in [-0.4, -0.2) is 16.5 Å². The van der Waals surface area contributed by atoms with Gasteiger partial charge in [-0.2, -0.15) is 0 Å². The van der Waals surface area contributed by atoms with Gasteiger partial charge < -0.3 is 0 Å². The van der Waals surface area contributed by atoms with E-state index in [0.717, 1.165) is 5.69 Å². The number of aryl methyl sites for hydroxylation is 1. The second-order valence-corrected chi connectivity index (χ2v) is 2.53. The summed E-state index contributed by atoms with van der Waals surface area (Å²) in [5, 5.41) is 3.36. The number of nitrogens with zero attached hydrogens (tertiary/aromatic N) is 5. The monoisotopic (exact) mass is 187 g/mol. The van der Waals surface area contributed by atoms with Gasteiger partial charge in [0.2, 0.25) is 5.82 Å². The Morgan fingerprint density at radius 2 is 2.50 bits per heavy atom. The highest BCUT2D eigenvalue weighted by atomic mass is 15.1. The molecule has 5 heteroatoms. The molecule has 70 valence electrons. The third-order valence-electron chi connectivity index (χ3n) is 1.40. The van der Waals surface area contributed by atoms with Crippen molar-refractivity contribution in [3.8, 4) is 11.8 Å². The quantitative estimate of drug-likeness (QED) is 0.233. The van der Waals surface area contributed by atoms with Crippen molar-refractivity contribution in [3.05, 3.63) is 34.2 Å². The van der Waals surface area contributed by atoms with Gasteiger partial charge in [-0.3, -0.25) is 0 Å². The smallest absolute Gasteiger partial charge is 0.205 e. The van der Waals surface area contributed by atoms with E-state index >= 15 is 0 Å². The molecule has 1 heterocycles. The average molecular weight is 187 g/mol. The van der Waals surface area contributed by atoms with Crippen molar-refractivity contribution in [2.45, 2.75) is 13.3 Å². The standard InChI is InChI=1S/C9H9N5/c1-8-5-7-11-9(13-8)4-2-3-6-12-14-10/h5,7H,3,6H2,1H3. The highest BCUT2D eigenvalue weighted by Gasteiger charge is 1.88. The molecule has 5 nitrogen and oxygen atoms in total. The minimum absolute atomic E-state index is 0.384. The molecule has 0 aliphatic heterocycles. The van der Waals surface area contributed by atoms with Gasteiger partial charge in [-0.15, -0.1) is 0 Å². The highest BCUT2D eigenvalue weighted by molar-refractivity contribution is 5.21. The van der Waals surface area contributed by atoms with Crippen molar-refractivity contribution in [2.75, 3.05) is 6.54 Å². The first-order valence-electron chi connectivity index (χ1n) is 4.12. The minimum Gasteiger partial charge on any atom is -0.229 e. The van der Waals surface area contributed by atoms with Gasteiger partial charge in [0, 0.05) is 29.8 Å². The lowest BCUT2D eigenvalue weighted by atomic mass is 10.4. The molecule has 0 unspecified atom stereocenters. The van der Waals surface area contributed by atoms with E-state index in [4.69, 9.17) is 5.53 Å². The molecule has 14 heavy (non-hydrogen) atoms. The summed E-state index contributed by atoms with van der Waals surface area (Å²) >= 11 is 0. The van der Waals surface area contributed by atoms with Crippen LogP contribution in [0.15, 0.2) is 17.4 Å². The van der Waals surface area contributed by atoms with Crippen LogP contribution in [-0.2, 0) is 0 Å². The summed E-state index contributed by atoms with van der Waals surface area (Å²) in [6.45, 7) is 2.27. The summed E-state index contributed by atoms with van der Waals surface area (Å²) in [5.41, 5.74) is 8.89. The van der Waals surface area contributed by atoms with E-state index in [1.54, 1.807) is 6.20 Å². The number of hydrogen-bond acceptors (Lipinski definition) is 3. The zero-order valence-corrected chi connectivity index (χ0v) is 7.80. The zero-order valence-electron chi connectivity index (χ0n) is 7.80. The molecule has 1 aromatic rings. The van der Waals surface area contributed by atoms with Crippen LogP contribution >= 0.6 is 0 Å². The summed E-state index contributed by atoms with van der Waals surface area (Å²) in [5.74, 6) is 6.12. The molecule has 0 radical (unpaired) electrons. The fraction of sp³-hybridized carbons (Fsp3) is 0.333. The van der Waals surface area contributed by atoms with Crippen molar-refractivity contribution >= 4 is 0 Å². The first kappa shape index (κ1) is 10.0. The maximum Gasteiger partial charge on any atom is 0.205 e. The Hall–Kier alpha value is -2.05. The Balaban J connectivity index is 2.54. The van der Waals surface area contributed by atoms with Crippen LogP contribution in [0, 0.1) is 18.8 Å². The molecular formula is C9H9N5.